The summed E-state index contributed by atoms with van der Waals surface area (Å²) < 4.78 is 49.1. The van der Waals surface area contributed by atoms with Gasteiger partial charge in [0.25, 0.3) is 0 Å². The summed E-state index contributed by atoms with van der Waals surface area (Å²) in [4.78, 5) is 38.9. The Morgan fingerprint density at radius 1 is 1.16 bits per heavy atom. The fourth-order valence-corrected chi connectivity index (χ4v) is 5.82. The Bertz CT molecular complexity index is 1650. The highest BCUT2D eigenvalue weighted by molar-refractivity contribution is 5.92. The number of halogens is 2. The molecular formula is C30H32F2N4O7. The van der Waals surface area contributed by atoms with Gasteiger partial charge in [0.2, 0.25) is 5.91 Å². The lowest BCUT2D eigenvalue weighted by atomic mass is 9.91. The summed E-state index contributed by atoms with van der Waals surface area (Å²) in [5.74, 6) is -1.31. The van der Waals surface area contributed by atoms with Crippen molar-refractivity contribution in [2.45, 2.75) is 44.4 Å². The van der Waals surface area contributed by atoms with E-state index in [9.17, 15) is 23.9 Å². The van der Waals surface area contributed by atoms with E-state index in [1.807, 2.05) is 11.5 Å². The number of carbonyl (C=O) groups excluding carboxylic acids is 2. The van der Waals surface area contributed by atoms with Gasteiger partial charge in [-0.1, -0.05) is 0 Å². The number of aromatic nitrogens is 1. The highest BCUT2D eigenvalue weighted by atomic mass is 19.1. The lowest BCUT2D eigenvalue weighted by Gasteiger charge is -2.40. The van der Waals surface area contributed by atoms with Gasteiger partial charge < -0.3 is 34.1 Å². The molecule has 2 fully saturated rings. The van der Waals surface area contributed by atoms with Gasteiger partial charge in [-0.25, -0.2) is 13.6 Å². The third-order valence-electron chi connectivity index (χ3n) is 8.22. The van der Waals surface area contributed by atoms with E-state index < -0.39 is 29.4 Å². The van der Waals surface area contributed by atoms with Gasteiger partial charge in [-0.2, -0.15) is 0 Å². The monoisotopic (exact) mass is 598 g/mol. The zero-order valence-electron chi connectivity index (χ0n) is 23.8. The van der Waals surface area contributed by atoms with Crippen LogP contribution in [-0.2, 0) is 9.53 Å². The molecule has 228 valence electrons. The predicted octanol–water partition coefficient (Wildman–Crippen LogP) is 3.10. The Kier molecular flexibility index (Phi) is 7.36. The number of benzene rings is 2. The lowest BCUT2D eigenvalue weighted by molar-refractivity contribution is -0.119. The lowest BCUT2D eigenvalue weighted by Crippen LogP contribution is -2.48. The molecule has 43 heavy (non-hydrogen) atoms. The molecular weight excluding hydrogens is 566 g/mol. The topological polar surface area (TPSA) is 123 Å². The van der Waals surface area contributed by atoms with Crippen LogP contribution in [0.1, 0.15) is 32.7 Å². The Morgan fingerprint density at radius 2 is 1.93 bits per heavy atom. The molecule has 2 atom stereocenters. The number of hydrogen-bond acceptors (Lipinski definition) is 8. The van der Waals surface area contributed by atoms with E-state index in [0.29, 0.717) is 17.9 Å². The van der Waals surface area contributed by atoms with Crippen LogP contribution in [0.2, 0.25) is 0 Å². The molecule has 2 N–H and O–H groups in total. The van der Waals surface area contributed by atoms with Crippen LogP contribution < -0.4 is 30.0 Å². The molecule has 2 aromatic carbocycles. The van der Waals surface area contributed by atoms with E-state index in [-0.39, 0.29) is 85.5 Å². The summed E-state index contributed by atoms with van der Waals surface area (Å²) >= 11 is 0. The molecule has 1 aromatic heterocycles. The van der Waals surface area contributed by atoms with Gasteiger partial charge in [0.05, 0.1) is 35.7 Å². The van der Waals surface area contributed by atoms with E-state index in [4.69, 9.17) is 14.2 Å². The number of ether oxygens (including phenoxy) is 3. The normalized spacial score (nSPS) is 21.0. The van der Waals surface area contributed by atoms with Crippen LogP contribution in [0.3, 0.4) is 0 Å². The molecule has 1 unspecified atom stereocenters. The largest absolute Gasteiger partial charge is 0.488 e. The average Bonchev–Trinajstić information content (AvgIpc) is 3.35. The quantitative estimate of drug-likeness (QED) is 0.426. The van der Waals surface area contributed by atoms with E-state index in [1.54, 1.807) is 11.1 Å². The second-order valence-corrected chi connectivity index (χ2v) is 11.3. The van der Waals surface area contributed by atoms with Crippen molar-refractivity contribution in [1.29, 1.82) is 0 Å². The summed E-state index contributed by atoms with van der Waals surface area (Å²) in [6.45, 7) is 4.32. The minimum absolute atomic E-state index is 0.0249. The molecule has 3 aliphatic rings. The first-order valence-electron chi connectivity index (χ1n) is 14.2. The van der Waals surface area contributed by atoms with Gasteiger partial charge in [0, 0.05) is 38.3 Å². The molecule has 2 amide bonds. The minimum atomic E-state index is -1.29. The number of anilines is 2. The van der Waals surface area contributed by atoms with Crippen molar-refractivity contribution in [2.24, 2.45) is 0 Å². The number of carbonyl (C=O) groups is 2. The van der Waals surface area contributed by atoms with Crippen LogP contribution >= 0.6 is 0 Å². The molecule has 0 spiro atoms. The standard InChI is InChI=1S/C30H32F2N4O7/c1-17-15-41-28-26-21(24(38)5-8-35(17)26)12-23(32)27(28)34-9-6-30(40,7-10-34)16-42-25-4-3-19(11-22(25)31)36-14-20(43-29(36)39)13-33-18(2)37/h3-5,8,11-12,17,20,40H,6-7,9-10,13-16H2,1-2H3,(H,33,37)/t17?,20-/m0/s1. The zero-order chi connectivity index (χ0) is 30.5. The average molecular weight is 599 g/mol. The van der Waals surface area contributed by atoms with E-state index in [0.717, 1.165) is 6.07 Å². The van der Waals surface area contributed by atoms with E-state index in [2.05, 4.69) is 5.32 Å². The van der Waals surface area contributed by atoms with Gasteiger partial charge in [0.1, 0.15) is 30.6 Å². The molecule has 13 heteroatoms. The summed E-state index contributed by atoms with van der Waals surface area (Å²) in [5, 5.41) is 14.1. The zero-order valence-corrected chi connectivity index (χ0v) is 23.8. The van der Waals surface area contributed by atoms with Crippen molar-refractivity contribution < 1.29 is 37.7 Å². The fourth-order valence-electron chi connectivity index (χ4n) is 5.82. The number of rotatable bonds is 7. The van der Waals surface area contributed by atoms with Gasteiger partial charge in [0.15, 0.2) is 28.6 Å². The first-order valence-corrected chi connectivity index (χ1v) is 14.2. The predicted molar refractivity (Wildman–Crippen MR) is 153 cm³/mol. The molecule has 0 saturated carbocycles. The maximum atomic E-state index is 15.4. The van der Waals surface area contributed by atoms with Gasteiger partial charge in [-0.15, -0.1) is 0 Å². The Morgan fingerprint density at radius 3 is 2.65 bits per heavy atom. The molecule has 3 aromatic rings. The van der Waals surface area contributed by atoms with Crippen LogP contribution in [0.4, 0.5) is 25.0 Å². The number of pyridine rings is 1. The van der Waals surface area contributed by atoms with Gasteiger partial charge in [-0.05, 0) is 38.0 Å². The van der Waals surface area contributed by atoms with Crippen molar-refractivity contribution in [1.82, 2.24) is 9.88 Å². The number of cyclic esters (lactones) is 1. The maximum Gasteiger partial charge on any atom is 0.414 e. The third kappa shape index (κ3) is 5.44. The van der Waals surface area contributed by atoms with E-state index >= 15 is 4.39 Å². The first kappa shape index (κ1) is 28.7. The maximum absolute atomic E-state index is 15.4. The number of aliphatic hydroxyl groups is 1. The van der Waals surface area contributed by atoms with E-state index in [1.165, 1.54) is 36.1 Å². The van der Waals surface area contributed by atoms with Crippen molar-refractivity contribution in [2.75, 3.05) is 49.2 Å². The Labute approximate surface area is 245 Å². The molecule has 4 heterocycles. The van der Waals surface area contributed by atoms with Gasteiger partial charge in [-0.3, -0.25) is 14.5 Å². The Hall–Kier alpha value is -4.39. The number of amides is 2. The van der Waals surface area contributed by atoms with Gasteiger partial charge >= 0.3 is 6.09 Å². The molecule has 3 aliphatic heterocycles. The van der Waals surface area contributed by atoms with Crippen LogP contribution in [0.5, 0.6) is 11.5 Å². The number of piperidine rings is 1. The summed E-state index contributed by atoms with van der Waals surface area (Å²) in [5.41, 5.74) is -0.498. The highest BCUT2D eigenvalue weighted by Crippen LogP contribution is 2.43. The fraction of sp³-hybridized carbons (Fsp3) is 0.433. The molecule has 0 radical (unpaired) electrons. The second-order valence-electron chi connectivity index (χ2n) is 11.3. The summed E-state index contributed by atoms with van der Waals surface area (Å²) in [6.07, 6.45) is 0.929. The number of nitrogens with zero attached hydrogens (tertiary/aromatic N) is 3. The SMILES string of the molecule is CC(=O)NC[C@H]1CN(c2ccc(OCC3(O)CCN(c4c(F)cc5c(=O)ccn6c5c4OCC6C)CC3)c(F)c2)C(=O)O1. The van der Waals surface area contributed by atoms with Crippen LogP contribution in [-0.4, -0.2) is 72.8 Å². The molecule has 2 saturated heterocycles. The first-order chi connectivity index (χ1) is 20.5. The second kappa shape index (κ2) is 11.0. The summed E-state index contributed by atoms with van der Waals surface area (Å²) in [7, 11) is 0. The van der Waals surface area contributed by atoms with Crippen molar-refractivity contribution in [3.05, 3.63) is 58.4 Å². The van der Waals surface area contributed by atoms with Crippen LogP contribution in [0.25, 0.3) is 10.9 Å². The van der Waals surface area contributed by atoms with Crippen LogP contribution in [0, 0.1) is 11.6 Å². The van der Waals surface area contributed by atoms with Crippen LogP contribution in [0.15, 0.2) is 41.3 Å². The smallest absolute Gasteiger partial charge is 0.414 e. The summed E-state index contributed by atoms with van der Waals surface area (Å²) in [6, 6.07) is 6.69. The molecule has 0 bridgehead atoms. The minimum Gasteiger partial charge on any atom is -0.488 e. The van der Waals surface area contributed by atoms with Crippen molar-refractivity contribution in [3.8, 4) is 11.5 Å². The highest BCUT2D eigenvalue weighted by Gasteiger charge is 2.37. The molecule has 0 aliphatic carbocycles. The molecule has 11 nitrogen and oxygen atoms in total. The van der Waals surface area contributed by atoms with Crippen molar-refractivity contribution >= 4 is 34.3 Å². The molecule has 6 rings (SSSR count). The van der Waals surface area contributed by atoms with Crippen molar-refractivity contribution in [3.63, 3.8) is 0 Å². The number of hydrogen-bond donors (Lipinski definition) is 2. The number of nitrogens with one attached hydrogen (secondary N) is 1. The third-order valence-corrected chi connectivity index (χ3v) is 8.22. The Balaban J connectivity index is 1.11.